The lowest BCUT2D eigenvalue weighted by molar-refractivity contribution is -0.146. The number of piperidine rings is 1. The van der Waals surface area contributed by atoms with Gasteiger partial charge in [-0.15, -0.1) is 0 Å². The molecule has 1 amide bonds. The molecule has 2 fully saturated rings. The van der Waals surface area contributed by atoms with E-state index in [4.69, 9.17) is 23.9 Å². The van der Waals surface area contributed by atoms with Crippen LogP contribution in [-0.4, -0.2) is 94.9 Å². The Morgan fingerprint density at radius 2 is 1.91 bits per heavy atom. The number of amides is 1. The number of aromatic nitrogens is 3. The van der Waals surface area contributed by atoms with Crippen molar-refractivity contribution in [2.45, 2.75) is 76.6 Å². The van der Waals surface area contributed by atoms with Crippen molar-refractivity contribution in [2.24, 2.45) is 0 Å². The van der Waals surface area contributed by atoms with E-state index in [1.165, 1.54) is 7.11 Å². The third-order valence-corrected chi connectivity index (χ3v) is 9.01. The third-order valence-electron chi connectivity index (χ3n) is 8.46. The zero-order chi connectivity index (χ0) is 32.3. The minimum atomic E-state index is -0.640. The Hall–Kier alpha value is -3.58. The number of hydrogen-bond donors (Lipinski definition) is 1. The lowest BCUT2D eigenvalue weighted by Crippen LogP contribution is -2.54. The lowest BCUT2D eigenvalue weighted by Gasteiger charge is -2.41. The van der Waals surface area contributed by atoms with Gasteiger partial charge in [0.15, 0.2) is 5.82 Å². The van der Waals surface area contributed by atoms with Crippen LogP contribution in [0.5, 0.6) is 11.5 Å². The molecule has 2 aromatic heterocycles. The van der Waals surface area contributed by atoms with E-state index in [1.807, 2.05) is 54.5 Å². The highest BCUT2D eigenvalue weighted by atomic mass is 79.9. The van der Waals surface area contributed by atoms with E-state index in [2.05, 4.69) is 31.1 Å². The number of benzene rings is 1. The monoisotopic (exact) mass is 686 g/mol. The molecular weight excluding hydrogens is 644 g/mol. The van der Waals surface area contributed by atoms with Crippen LogP contribution in [0.3, 0.4) is 0 Å². The van der Waals surface area contributed by atoms with Crippen LogP contribution in [-0.2, 0) is 20.8 Å². The first-order chi connectivity index (χ1) is 21.5. The molecule has 0 unspecified atom stereocenters. The Kier molecular flexibility index (Phi) is 10.1. The average Bonchev–Trinajstić information content (AvgIpc) is 3.63. The molecule has 3 aromatic rings. The Morgan fingerprint density at radius 1 is 1.11 bits per heavy atom. The summed E-state index contributed by atoms with van der Waals surface area (Å²) in [7, 11) is 4.69. The van der Waals surface area contributed by atoms with Crippen molar-refractivity contribution in [1.82, 2.24) is 24.2 Å². The van der Waals surface area contributed by atoms with E-state index in [0.29, 0.717) is 35.8 Å². The third kappa shape index (κ3) is 7.30. The maximum Gasteiger partial charge on any atom is 0.410 e. The number of rotatable bonds is 9. The molecule has 244 valence electrons. The van der Waals surface area contributed by atoms with E-state index in [1.54, 1.807) is 20.4 Å². The molecule has 0 spiro atoms. The van der Waals surface area contributed by atoms with Crippen LogP contribution >= 0.6 is 15.9 Å². The number of imidazole rings is 1. The van der Waals surface area contributed by atoms with E-state index in [0.717, 1.165) is 54.9 Å². The Bertz CT molecular complexity index is 1520. The summed E-state index contributed by atoms with van der Waals surface area (Å²) in [4.78, 5) is 39.6. The van der Waals surface area contributed by atoms with E-state index in [-0.39, 0.29) is 30.1 Å². The fraction of sp³-hybridized carbons (Fsp3) is 0.562. The summed E-state index contributed by atoms with van der Waals surface area (Å²) in [5.74, 6) is 2.68. The van der Waals surface area contributed by atoms with Gasteiger partial charge in [-0.2, -0.15) is 0 Å². The molecule has 4 heterocycles. The number of methoxy groups -OCH3 is 3. The van der Waals surface area contributed by atoms with Gasteiger partial charge in [-0.1, -0.05) is 0 Å². The van der Waals surface area contributed by atoms with Crippen LogP contribution in [0.4, 0.5) is 10.6 Å². The molecule has 0 bridgehead atoms. The maximum absolute atomic E-state index is 13.6. The predicted molar refractivity (Wildman–Crippen MR) is 173 cm³/mol. The molecule has 5 rings (SSSR count). The van der Waals surface area contributed by atoms with Gasteiger partial charge in [0.1, 0.15) is 39.1 Å². The topological polar surface area (TPSA) is 120 Å². The molecular formula is C32H43BrN6O6. The number of halogens is 1. The van der Waals surface area contributed by atoms with Crippen molar-refractivity contribution in [3.05, 3.63) is 46.6 Å². The van der Waals surface area contributed by atoms with Gasteiger partial charge < -0.3 is 29.2 Å². The smallest absolute Gasteiger partial charge is 0.410 e. The quantitative estimate of drug-likeness (QED) is 0.299. The number of fused-ring (bicyclic) bond motifs is 1. The molecule has 45 heavy (non-hydrogen) atoms. The number of carbonyl (C=O) groups excluding carboxylic acids is 2. The van der Waals surface area contributed by atoms with Crippen LogP contribution in [0.2, 0.25) is 0 Å². The molecule has 0 radical (unpaired) electrons. The number of hydrogen-bond acceptors (Lipinski definition) is 10. The van der Waals surface area contributed by atoms with Gasteiger partial charge in [-0.05, 0) is 81.1 Å². The van der Waals surface area contributed by atoms with Crippen molar-refractivity contribution < 1.29 is 28.5 Å². The van der Waals surface area contributed by atoms with Crippen molar-refractivity contribution in [2.75, 3.05) is 46.3 Å². The molecule has 0 aliphatic carbocycles. The summed E-state index contributed by atoms with van der Waals surface area (Å²) in [6.07, 6.45) is 6.54. The average molecular weight is 688 g/mol. The summed E-state index contributed by atoms with van der Waals surface area (Å²) >= 11 is 3.68. The molecule has 0 saturated carbocycles. The highest BCUT2D eigenvalue weighted by Gasteiger charge is 2.40. The number of esters is 1. The summed E-state index contributed by atoms with van der Waals surface area (Å²) in [6, 6.07) is 5.32. The predicted octanol–water partition coefficient (Wildman–Crippen LogP) is 5.24. The molecule has 3 atom stereocenters. The largest absolute Gasteiger partial charge is 0.497 e. The normalized spacial score (nSPS) is 20.7. The van der Waals surface area contributed by atoms with E-state index >= 15 is 0 Å². The van der Waals surface area contributed by atoms with Gasteiger partial charge in [0, 0.05) is 55.6 Å². The Balaban J connectivity index is 1.39. The zero-order valence-electron chi connectivity index (χ0n) is 26.8. The van der Waals surface area contributed by atoms with Gasteiger partial charge in [-0.25, -0.2) is 14.8 Å². The second kappa shape index (κ2) is 13.8. The molecule has 2 aliphatic heterocycles. The number of carbonyl (C=O) groups is 2. The molecule has 2 aliphatic rings. The van der Waals surface area contributed by atoms with Gasteiger partial charge >= 0.3 is 12.1 Å². The number of nitrogens with zero attached hydrogens (tertiary/aromatic N) is 5. The Morgan fingerprint density at radius 3 is 2.62 bits per heavy atom. The highest BCUT2D eigenvalue weighted by molar-refractivity contribution is 9.10. The summed E-state index contributed by atoms with van der Waals surface area (Å²) in [6.45, 7) is 7.92. The van der Waals surface area contributed by atoms with Crippen LogP contribution in [0, 0.1) is 0 Å². The fourth-order valence-corrected chi connectivity index (χ4v) is 6.86. The number of ether oxygens (including phenoxy) is 4. The number of anilines is 1. The second-order valence-corrected chi connectivity index (χ2v) is 13.3. The highest BCUT2D eigenvalue weighted by Crippen LogP contribution is 2.36. The Labute approximate surface area is 272 Å². The molecule has 1 aromatic carbocycles. The molecule has 1 N–H and O–H groups in total. The summed E-state index contributed by atoms with van der Waals surface area (Å²) in [5, 5.41) is 3.44. The van der Waals surface area contributed by atoms with Crippen LogP contribution < -0.4 is 14.8 Å². The summed E-state index contributed by atoms with van der Waals surface area (Å²) in [5.41, 5.74) is 1.12. The van der Waals surface area contributed by atoms with Gasteiger partial charge in [0.25, 0.3) is 0 Å². The van der Waals surface area contributed by atoms with E-state index < -0.39 is 5.60 Å². The standard InChI is InChI=1S/C32H43BrN6O6/c1-32(2,3)45-31(41)39-18-21(9-11-22(39)19-37-14-7-8-24(37)30(40)44-6)29-36-27(33)26-28(34-13-15-38(26)29)35-17-20-10-12-23(42-4)16-25(20)43-5/h10,12-13,15-16,21-22,24H,7-9,11,14,17-19H2,1-6H3,(H,34,35)/t21-,22+,24+/m1/s1. The van der Waals surface area contributed by atoms with Crippen molar-refractivity contribution in [3.8, 4) is 11.5 Å². The van der Waals surface area contributed by atoms with Crippen LogP contribution in [0.25, 0.3) is 5.52 Å². The van der Waals surface area contributed by atoms with Crippen LogP contribution in [0.1, 0.15) is 63.8 Å². The minimum absolute atomic E-state index is 0.0421. The minimum Gasteiger partial charge on any atom is -0.497 e. The first-order valence-corrected chi connectivity index (χ1v) is 16.1. The first kappa shape index (κ1) is 32.8. The van der Waals surface area contributed by atoms with Gasteiger partial charge in [0.2, 0.25) is 0 Å². The maximum atomic E-state index is 13.6. The SMILES string of the molecule is COC(=O)[C@@H]1CCCN1C[C@@H]1CC[C@@H](c2nc(Br)c3c(NCc4ccc(OC)cc4OC)nccn23)CN1C(=O)OC(C)(C)C. The molecule has 12 nitrogen and oxygen atoms in total. The molecule has 2 saturated heterocycles. The van der Waals surface area contributed by atoms with Crippen molar-refractivity contribution in [3.63, 3.8) is 0 Å². The number of likely N-dealkylation sites (tertiary alicyclic amines) is 2. The second-order valence-electron chi connectivity index (χ2n) is 12.5. The zero-order valence-corrected chi connectivity index (χ0v) is 28.4. The summed E-state index contributed by atoms with van der Waals surface area (Å²) < 4.78 is 24.5. The first-order valence-electron chi connectivity index (χ1n) is 15.3. The number of nitrogens with one attached hydrogen (secondary N) is 1. The lowest BCUT2D eigenvalue weighted by atomic mass is 9.91. The van der Waals surface area contributed by atoms with Crippen molar-refractivity contribution in [1.29, 1.82) is 0 Å². The van der Waals surface area contributed by atoms with Crippen molar-refractivity contribution >= 4 is 39.3 Å². The van der Waals surface area contributed by atoms with Gasteiger partial charge in [0.05, 0.1) is 21.3 Å². The van der Waals surface area contributed by atoms with E-state index in [9.17, 15) is 9.59 Å². The fourth-order valence-electron chi connectivity index (χ4n) is 6.30. The van der Waals surface area contributed by atoms with Crippen LogP contribution in [0.15, 0.2) is 35.2 Å². The van der Waals surface area contributed by atoms with Gasteiger partial charge in [-0.3, -0.25) is 14.1 Å². The molecule has 13 heteroatoms.